The van der Waals surface area contributed by atoms with Crippen LogP contribution in [0.1, 0.15) is 259 Å². The molecule has 4 aromatic heterocycles. The number of aryl methyl sites for hydroxylation is 2. The van der Waals surface area contributed by atoms with E-state index < -0.39 is 16.9 Å². The van der Waals surface area contributed by atoms with Crippen LogP contribution in [0.15, 0.2) is 195 Å². The molecule has 2 aliphatic carbocycles. The largest absolute Gasteiger partial charge is 0.496 e. The van der Waals surface area contributed by atoms with Crippen molar-refractivity contribution in [2.24, 2.45) is 0 Å². The van der Waals surface area contributed by atoms with Gasteiger partial charge in [-0.05, 0) is 271 Å². The summed E-state index contributed by atoms with van der Waals surface area (Å²) in [6, 6.07) is 65.7. The molecule has 10 aromatic carbocycles. The molecule has 0 N–H and O–H groups in total. The van der Waals surface area contributed by atoms with Crippen LogP contribution in [0.4, 0.5) is 0 Å². The minimum absolute atomic E-state index is 0.200. The highest BCUT2D eigenvalue weighted by atomic mass is 31.2. The maximum Gasteiger partial charge on any atom is 0.318 e. The quantitative estimate of drug-likeness (QED) is 0.0846. The van der Waals surface area contributed by atoms with Crippen LogP contribution in [-0.4, -0.2) is 45.8 Å². The topological polar surface area (TPSA) is 75.1 Å². The van der Waals surface area contributed by atoms with Gasteiger partial charge in [0.15, 0.2) is 0 Å². The molecule has 14 aromatic rings. The predicted molar refractivity (Wildman–Crippen MR) is 527 cm³/mol. The van der Waals surface area contributed by atoms with Crippen LogP contribution < -0.4 is 28.0 Å². The van der Waals surface area contributed by atoms with E-state index in [1.165, 1.54) is 66.8 Å². The number of aromatic nitrogens is 4. The Balaban J connectivity index is 0.943. The first-order valence-electron chi connectivity index (χ1n) is 45.0. The Hall–Kier alpha value is -9.98. The van der Waals surface area contributed by atoms with Crippen LogP contribution in [0.5, 0.6) is 34.5 Å². The fourth-order valence-electron chi connectivity index (χ4n) is 19.2. The number of hydrogen-bond acceptors (Lipinski definition) is 6. The second kappa shape index (κ2) is 32.2. The SMILES string of the molecule is COc1c(C(C)(C)C)cc(-c2ccc3ccn(P(Oc4ccc5c(c4-c4c(OP(n6ccc7ccc(-c8cc(C(C)(C)C)c(OC)c(C(C)(C)C)c8)cc76)n6ccc7ccc(-c8cc(C(C)(C)C)c(OC)c(C(C)(C)C)c8)cc76)ccc6c4CCCC6)CCCC5)n4ccc5ccc(-c6cc(C(C)(C)C)c(OC)c(C(C)(C)C)c6)cc54)c3c2)cc1C(C)(C)C. The molecule has 0 unspecified atom stereocenters. The minimum atomic E-state index is -1.84. The third-order valence-electron chi connectivity index (χ3n) is 26.0. The average molecular weight is 1690 g/mol. The zero-order valence-electron chi connectivity index (χ0n) is 79.3. The molecule has 10 nitrogen and oxygen atoms in total. The van der Waals surface area contributed by atoms with Crippen molar-refractivity contribution in [3.05, 3.63) is 261 Å². The lowest BCUT2D eigenvalue weighted by atomic mass is 9.77. The number of fused-ring (bicyclic) bond motifs is 6. The van der Waals surface area contributed by atoms with E-state index in [2.05, 4.69) is 378 Å². The van der Waals surface area contributed by atoms with E-state index in [1.54, 1.807) is 0 Å². The molecule has 646 valence electrons. The molecule has 0 spiro atoms. The van der Waals surface area contributed by atoms with E-state index in [4.69, 9.17) is 28.0 Å². The van der Waals surface area contributed by atoms with Gasteiger partial charge in [0.05, 0.1) is 50.5 Å². The second-order valence-electron chi connectivity index (χ2n) is 43.4. The molecule has 124 heavy (non-hydrogen) atoms. The molecule has 0 bridgehead atoms. The third-order valence-corrected chi connectivity index (χ3v) is 29.6. The summed E-state index contributed by atoms with van der Waals surface area (Å²) in [5.41, 5.74) is 29.0. The van der Waals surface area contributed by atoms with E-state index in [-0.39, 0.29) is 43.3 Å². The first kappa shape index (κ1) is 87.5. The molecule has 0 atom stereocenters. The second-order valence-corrected chi connectivity index (χ2v) is 46.5. The Morgan fingerprint density at radius 2 is 0.444 bits per heavy atom. The maximum atomic E-state index is 8.53. The summed E-state index contributed by atoms with van der Waals surface area (Å²) >= 11 is 0. The van der Waals surface area contributed by atoms with Crippen LogP contribution in [0, 0.1) is 0 Å². The monoisotopic (exact) mass is 1690 g/mol. The number of benzene rings is 10. The molecule has 0 saturated heterocycles. The van der Waals surface area contributed by atoms with Crippen molar-refractivity contribution in [1.82, 2.24) is 17.4 Å². The molecule has 16 rings (SSSR count). The molecule has 2 aliphatic rings. The van der Waals surface area contributed by atoms with Crippen LogP contribution in [0.2, 0.25) is 0 Å². The summed E-state index contributed by atoms with van der Waals surface area (Å²) in [7, 11) is 3.63. The van der Waals surface area contributed by atoms with Crippen molar-refractivity contribution in [3.63, 3.8) is 0 Å². The Labute approximate surface area is 741 Å². The van der Waals surface area contributed by atoms with Gasteiger partial charge in [-0.3, -0.25) is 17.4 Å². The zero-order valence-corrected chi connectivity index (χ0v) is 81.1. The van der Waals surface area contributed by atoms with Gasteiger partial charge in [-0.1, -0.05) is 227 Å². The van der Waals surface area contributed by atoms with Gasteiger partial charge in [0.2, 0.25) is 0 Å². The Morgan fingerprint density at radius 1 is 0.234 bits per heavy atom. The molecule has 12 heteroatoms. The fraction of sp³-hybridized carbons (Fsp3) is 0.393. The highest BCUT2D eigenvalue weighted by Gasteiger charge is 2.38. The molecule has 0 saturated carbocycles. The normalized spacial score (nSPS) is 14.0. The first-order valence-corrected chi connectivity index (χ1v) is 47.3. The molecule has 0 fully saturated rings. The van der Waals surface area contributed by atoms with Gasteiger partial charge in [-0.25, -0.2) is 0 Å². The number of rotatable bonds is 17. The van der Waals surface area contributed by atoms with Crippen molar-refractivity contribution in [3.8, 4) is 90.1 Å². The van der Waals surface area contributed by atoms with Gasteiger partial charge in [0, 0.05) is 102 Å². The lowest BCUT2D eigenvalue weighted by Crippen LogP contribution is -2.19. The zero-order chi connectivity index (χ0) is 88.8. The predicted octanol–water partition coefficient (Wildman–Crippen LogP) is 31.4. The van der Waals surface area contributed by atoms with Crippen molar-refractivity contribution < 1.29 is 28.0 Å². The van der Waals surface area contributed by atoms with Crippen molar-refractivity contribution in [2.75, 3.05) is 28.4 Å². The highest BCUT2D eigenvalue weighted by molar-refractivity contribution is 7.50. The summed E-state index contributed by atoms with van der Waals surface area (Å²) in [6.07, 6.45) is 17.3. The van der Waals surface area contributed by atoms with Crippen molar-refractivity contribution in [1.29, 1.82) is 0 Å². The summed E-state index contributed by atoms with van der Waals surface area (Å²) in [5, 5.41) is 4.51. The Bertz CT molecular complexity index is 5620. The third kappa shape index (κ3) is 16.4. The van der Waals surface area contributed by atoms with Crippen LogP contribution in [0.3, 0.4) is 0 Å². The van der Waals surface area contributed by atoms with E-state index in [0.717, 1.165) is 185 Å². The molecular formula is C112H132N4O6P2. The van der Waals surface area contributed by atoms with E-state index >= 15 is 0 Å². The molecule has 0 aliphatic heterocycles. The fourth-order valence-corrected chi connectivity index (χ4v) is 22.7. The Kier molecular flexibility index (Phi) is 22.7. The highest BCUT2D eigenvalue weighted by Crippen LogP contribution is 2.58. The van der Waals surface area contributed by atoms with Gasteiger partial charge >= 0.3 is 16.9 Å². The summed E-state index contributed by atoms with van der Waals surface area (Å²) in [5.74, 6) is 5.51. The van der Waals surface area contributed by atoms with Gasteiger partial charge in [0.1, 0.15) is 34.5 Å². The molecule has 0 radical (unpaired) electrons. The van der Waals surface area contributed by atoms with Crippen molar-refractivity contribution >= 4 is 60.5 Å². The van der Waals surface area contributed by atoms with Crippen LogP contribution >= 0.6 is 16.9 Å². The minimum Gasteiger partial charge on any atom is -0.496 e. The lowest BCUT2D eigenvalue weighted by Gasteiger charge is -2.31. The standard InChI is InChI=1S/C112H132N4O6P2/c1-105(2,3)85-57-79(58-86(101(85)117-25)106(4,5)6)75-41-37-71-49-53-113(93(71)65-75)123(114-54-50-72-38-42-76(66-94(72)114)80-59-87(107(7,8)9)102(118-26)88(60-80)108(10,11)12)121-97-47-45-69-33-29-31-35-83(69)99(97)100-84-36-32-30-34-70(84)46-48-98(100)122-124(115-55-51-73-39-43-77(67-95(73)115)81-61-89(109(13,14)15)103(119-27)90(62-81)110(16,17)18)116-56-52-74-40-44-78(68-96(74)116)82-63-91(111(19,20)21)104(120-28)92(64-82)112(22,23)24/h37-68H,29-36H2,1-28H3. The van der Waals surface area contributed by atoms with E-state index in [0.29, 0.717) is 0 Å². The van der Waals surface area contributed by atoms with Gasteiger partial charge < -0.3 is 28.0 Å². The van der Waals surface area contributed by atoms with Crippen LogP contribution in [0.25, 0.3) is 99.2 Å². The van der Waals surface area contributed by atoms with Crippen LogP contribution in [-0.2, 0) is 69.0 Å². The number of ether oxygens (including phenoxy) is 4. The molecular weight excluding hydrogens is 1560 g/mol. The number of hydrogen-bond donors (Lipinski definition) is 0. The maximum absolute atomic E-state index is 8.53. The number of methoxy groups -OCH3 is 4. The number of nitrogens with zero attached hydrogens (tertiary/aromatic N) is 4. The summed E-state index contributed by atoms with van der Waals surface area (Å²) in [6.45, 7) is 55.1. The molecule has 4 heterocycles. The van der Waals surface area contributed by atoms with Crippen molar-refractivity contribution in [2.45, 2.75) is 261 Å². The first-order chi connectivity index (χ1) is 58.3. The summed E-state index contributed by atoms with van der Waals surface area (Å²) < 4.78 is 52.5. The summed E-state index contributed by atoms with van der Waals surface area (Å²) in [4.78, 5) is 0. The smallest absolute Gasteiger partial charge is 0.318 e. The molecule has 0 amide bonds. The average Bonchev–Trinajstić information content (AvgIpc) is 1.35. The van der Waals surface area contributed by atoms with Gasteiger partial charge in [0.25, 0.3) is 0 Å². The van der Waals surface area contributed by atoms with Gasteiger partial charge in [-0.2, -0.15) is 0 Å². The van der Waals surface area contributed by atoms with E-state index in [9.17, 15) is 0 Å². The van der Waals surface area contributed by atoms with Gasteiger partial charge in [-0.15, -0.1) is 0 Å². The Morgan fingerprint density at radius 3 is 0.645 bits per heavy atom. The lowest BCUT2D eigenvalue weighted by molar-refractivity contribution is 0.381. The van der Waals surface area contributed by atoms with E-state index in [1.807, 2.05) is 28.4 Å².